The Kier molecular flexibility index (Phi) is 5.78. The predicted octanol–water partition coefficient (Wildman–Crippen LogP) is 4.64. The minimum absolute atomic E-state index is 0.0676. The van der Waals surface area contributed by atoms with E-state index >= 15 is 0 Å². The number of amides is 1. The molecule has 1 N–H and O–H groups in total. The van der Waals surface area contributed by atoms with Gasteiger partial charge in [-0.25, -0.2) is 0 Å². The molecule has 2 heterocycles. The molecule has 0 radical (unpaired) electrons. The van der Waals surface area contributed by atoms with E-state index in [4.69, 9.17) is 0 Å². The second kappa shape index (κ2) is 9.01. The van der Waals surface area contributed by atoms with Crippen LogP contribution in [0.2, 0.25) is 0 Å². The van der Waals surface area contributed by atoms with Crippen molar-refractivity contribution in [1.82, 2.24) is 14.8 Å². The monoisotopic (exact) mass is 423 g/mol. The van der Waals surface area contributed by atoms with Crippen LogP contribution in [-0.2, 0) is 31.2 Å². The lowest BCUT2D eigenvalue weighted by Crippen LogP contribution is -2.41. The highest BCUT2D eigenvalue weighted by Gasteiger charge is 2.26. The molecule has 3 aromatic carbocycles. The lowest BCUT2D eigenvalue weighted by molar-refractivity contribution is -0.120. The molecule has 4 heteroatoms. The van der Waals surface area contributed by atoms with Gasteiger partial charge in [-0.15, -0.1) is 0 Å². The highest BCUT2D eigenvalue weighted by atomic mass is 16.1. The maximum atomic E-state index is 13.0. The number of carbonyl (C=O) groups is 1. The third kappa shape index (κ3) is 4.19. The van der Waals surface area contributed by atoms with Gasteiger partial charge in [0, 0.05) is 38.6 Å². The summed E-state index contributed by atoms with van der Waals surface area (Å²) >= 11 is 0. The van der Waals surface area contributed by atoms with Crippen molar-refractivity contribution < 1.29 is 4.79 Å². The zero-order chi connectivity index (χ0) is 21.9. The molecule has 0 bridgehead atoms. The van der Waals surface area contributed by atoms with Gasteiger partial charge in [0.25, 0.3) is 0 Å². The molecule has 5 rings (SSSR count). The molecular formula is C28H29N3O. The van der Waals surface area contributed by atoms with Crippen molar-refractivity contribution in [3.05, 3.63) is 107 Å². The summed E-state index contributed by atoms with van der Waals surface area (Å²) in [5.41, 5.74) is 5.13. The first kappa shape index (κ1) is 20.5. The summed E-state index contributed by atoms with van der Waals surface area (Å²) in [6.07, 6.45) is 3.52. The summed E-state index contributed by atoms with van der Waals surface area (Å²) in [7, 11) is 2.08. The minimum Gasteiger partial charge on any atom is -0.354 e. The number of aryl methyl sites for hydroxylation is 1. The summed E-state index contributed by atoms with van der Waals surface area (Å²) in [5, 5.41) is 5.56. The zero-order valence-electron chi connectivity index (χ0n) is 18.5. The lowest BCUT2D eigenvalue weighted by atomic mass is 9.97. The van der Waals surface area contributed by atoms with E-state index in [2.05, 4.69) is 88.7 Å². The molecular weight excluding hydrogens is 394 g/mol. The lowest BCUT2D eigenvalue weighted by Gasteiger charge is -2.36. The Morgan fingerprint density at radius 3 is 2.56 bits per heavy atom. The van der Waals surface area contributed by atoms with Crippen molar-refractivity contribution in [3.8, 4) is 0 Å². The van der Waals surface area contributed by atoms with Crippen molar-refractivity contribution in [2.24, 2.45) is 7.05 Å². The van der Waals surface area contributed by atoms with E-state index in [1.165, 1.54) is 22.2 Å². The molecule has 0 aliphatic carbocycles. The SMILES string of the molecule is Cn1cccc1C(CNC(=O)Cc1cccc2ccccc12)N1CCc2ccccc2C1. The second-order valence-corrected chi connectivity index (χ2v) is 8.67. The van der Waals surface area contributed by atoms with Crippen LogP contribution < -0.4 is 5.32 Å². The molecule has 0 saturated carbocycles. The van der Waals surface area contributed by atoms with Gasteiger partial charge >= 0.3 is 0 Å². The molecule has 0 spiro atoms. The molecule has 1 amide bonds. The van der Waals surface area contributed by atoms with Crippen LogP contribution in [0.1, 0.15) is 28.4 Å². The Bertz CT molecular complexity index is 1240. The summed E-state index contributed by atoms with van der Waals surface area (Å²) in [5.74, 6) is 0.0676. The van der Waals surface area contributed by atoms with Crippen molar-refractivity contribution in [2.75, 3.05) is 13.1 Å². The highest BCUT2D eigenvalue weighted by molar-refractivity contribution is 5.90. The summed E-state index contributed by atoms with van der Waals surface area (Å²) < 4.78 is 2.17. The quantitative estimate of drug-likeness (QED) is 0.491. The van der Waals surface area contributed by atoms with E-state index in [1.54, 1.807) is 0 Å². The van der Waals surface area contributed by atoms with Gasteiger partial charge in [0.15, 0.2) is 0 Å². The third-order valence-corrected chi connectivity index (χ3v) is 6.65. The van der Waals surface area contributed by atoms with Crippen LogP contribution in [-0.4, -0.2) is 28.5 Å². The fraction of sp³-hybridized carbons (Fsp3) is 0.250. The van der Waals surface area contributed by atoms with Crippen molar-refractivity contribution in [2.45, 2.75) is 25.4 Å². The Balaban J connectivity index is 1.32. The van der Waals surface area contributed by atoms with Crippen LogP contribution in [0.4, 0.5) is 0 Å². The Morgan fingerprint density at radius 2 is 1.72 bits per heavy atom. The molecule has 162 valence electrons. The van der Waals surface area contributed by atoms with Crippen LogP contribution in [0, 0.1) is 0 Å². The molecule has 1 aliphatic heterocycles. The van der Waals surface area contributed by atoms with Gasteiger partial charge in [0.1, 0.15) is 0 Å². The zero-order valence-corrected chi connectivity index (χ0v) is 18.5. The smallest absolute Gasteiger partial charge is 0.224 e. The number of nitrogens with zero attached hydrogens (tertiary/aromatic N) is 2. The van der Waals surface area contributed by atoms with Gasteiger partial charge in [0.2, 0.25) is 5.91 Å². The first-order valence-electron chi connectivity index (χ1n) is 11.3. The van der Waals surface area contributed by atoms with E-state index in [1.807, 2.05) is 18.2 Å². The maximum Gasteiger partial charge on any atom is 0.224 e. The molecule has 1 aliphatic rings. The largest absolute Gasteiger partial charge is 0.354 e. The summed E-state index contributed by atoms with van der Waals surface area (Å²) in [6.45, 7) is 2.50. The molecule has 0 saturated heterocycles. The van der Waals surface area contributed by atoms with Crippen molar-refractivity contribution in [3.63, 3.8) is 0 Å². The minimum atomic E-state index is 0.0676. The number of fused-ring (bicyclic) bond motifs is 2. The maximum absolute atomic E-state index is 13.0. The summed E-state index contributed by atoms with van der Waals surface area (Å²) in [6, 6.07) is 27.5. The fourth-order valence-corrected chi connectivity index (χ4v) is 4.92. The van der Waals surface area contributed by atoms with Crippen LogP contribution in [0.15, 0.2) is 85.1 Å². The normalized spacial score (nSPS) is 14.8. The van der Waals surface area contributed by atoms with Crippen molar-refractivity contribution >= 4 is 16.7 Å². The fourth-order valence-electron chi connectivity index (χ4n) is 4.92. The number of carbonyl (C=O) groups excluding carboxylic acids is 1. The number of hydrogen-bond acceptors (Lipinski definition) is 2. The number of hydrogen-bond donors (Lipinski definition) is 1. The third-order valence-electron chi connectivity index (χ3n) is 6.65. The summed E-state index contributed by atoms with van der Waals surface area (Å²) in [4.78, 5) is 15.5. The predicted molar refractivity (Wildman–Crippen MR) is 129 cm³/mol. The Hall–Kier alpha value is -3.37. The number of benzene rings is 3. The number of nitrogens with one attached hydrogen (secondary N) is 1. The van der Waals surface area contributed by atoms with E-state index in [-0.39, 0.29) is 11.9 Å². The average Bonchev–Trinajstić information content (AvgIpc) is 3.25. The average molecular weight is 424 g/mol. The van der Waals surface area contributed by atoms with Crippen LogP contribution in [0.5, 0.6) is 0 Å². The first-order chi connectivity index (χ1) is 15.7. The Labute approximate surface area is 189 Å². The van der Waals surface area contributed by atoms with E-state index < -0.39 is 0 Å². The number of rotatable bonds is 6. The van der Waals surface area contributed by atoms with E-state index in [9.17, 15) is 4.79 Å². The molecule has 1 aromatic heterocycles. The topological polar surface area (TPSA) is 37.3 Å². The van der Waals surface area contributed by atoms with Gasteiger partial charge in [0.05, 0.1) is 12.5 Å². The molecule has 1 atom stereocenters. The molecule has 1 unspecified atom stereocenters. The highest BCUT2D eigenvalue weighted by Crippen LogP contribution is 2.28. The van der Waals surface area contributed by atoms with Gasteiger partial charge < -0.3 is 9.88 Å². The molecule has 4 nitrogen and oxygen atoms in total. The van der Waals surface area contributed by atoms with Gasteiger partial charge in [-0.3, -0.25) is 9.69 Å². The first-order valence-corrected chi connectivity index (χ1v) is 11.3. The molecule has 32 heavy (non-hydrogen) atoms. The van der Waals surface area contributed by atoms with Gasteiger partial charge in [-0.1, -0.05) is 66.7 Å². The molecule has 4 aromatic rings. The second-order valence-electron chi connectivity index (χ2n) is 8.67. The molecule has 0 fully saturated rings. The van der Waals surface area contributed by atoms with Crippen LogP contribution >= 0.6 is 0 Å². The Morgan fingerprint density at radius 1 is 0.938 bits per heavy atom. The van der Waals surface area contributed by atoms with Gasteiger partial charge in [-0.2, -0.15) is 0 Å². The van der Waals surface area contributed by atoms with Crippen LogP contribution in [0.25, 0.3) is 10.8 Å². The number of aromatic nitrogens is 1. The van der Waals surface area contributed by atoms with Crippen molar-refractivity contribution in [1.29, 1.82) is 0 Å². The standard InChI is InChI=1S/C28H29N3O/c1-30-16-7-14-26(30)27(31-17-15-21-8-2-3-10-24(21)20-31)19-29-28(32)18-23-12-6-11-22-9-4-5-13-25(22)23/h2-14,16,27H,15,17-20H2,1H3,(H,29,32). The van der Waals surface area contributed by atoms with E-state index in [0.29, 0.717) is 13.0 Å². The van der Waals surface area contributed by atoms with Gasteiger partial charge in [-0.05, 0) is 46.0 Å². The van der Waals surface area contributed by atoms with E-state index in [0.717, 1.165) is 30.5 Å². The van der Waals surface area contributed by atoms with Crippen LogP contribution in [0.3, 0.4) is 0 Å².